The van der Waals surface area contributed by atoms with Crippen molar-refractivity contribution in [1.82, 2.24) is 5.32 Å². The molecule has 3 heterocycles. The largest absolute Gasteiger partial charge is 0.491 e. The summed E-state index contributed by atoms with van der Waals surface area (Å²) in [6, 6.07) is 11.5. The Balaban J connectivity index is 1.63. The molecule has 0 saturated carbocycles. The second kappa shape index (κ2) is 7.73. The van der Waals surface area contributed by atoms with E-state index in [4.69, 9.17) is 25.8 Å². The average Bonchev–Trinajstić information content (AvgIpc) is 3.03. The average molecular weight is 443 g/mol. The number of hydrogen-bond donors (Lipinski definition) is 1. The molecule has 3 aliphatic heterocycles. The van der Waals surface area contributed by atoms with Crippen LogP contribution < -0.4 is 15.0 Å². The van der Waals surface area contributed by atoms with Gasteiger partial charge in [0.2, 0.25) is 0 Å². The fourth-order valence-corrected chi connectivity index (χ4v) is 4.97. The van der Waals surface area contributed by atoms with Gasteiger partial charge < -0.3 is 24.4 Å². The molecule has 1 atom stereocenters. The summed E-state index contributed by atoms with van der Waals surface area (Å²) >= 11 is 6.71. The van der Waals surface area contributed by atoms with Crippen molar-refractivity contribution in [2.45, 2.75) is 31.1 Å². The normalized spacial score (nSPS) is 21.8. The molecule has 0 bridgehead atoms. The molecular formula is C23H23ClN2O5. The molecule has 3 aliphatic rings. The summed E-state index contributed by atoms with van der Waals surface area (Å²) in [6.45, 7) is 1.32. The van der Waals surface area contributed by atoms with E-state index < -0.39 is 17.7 Å². The number of likely N-dealkylation sites (N-methyl/N-ethyl adjacent to an activating group) is 1. The van der Waals surface area contributed by atoms with Crippen LogP contribution in [0.4, 0.5) is 5.69 Å². The van der Waals surface area contributed by atoms with Crippen LogP contribution in [-0.4, -0.2) is 38.7 Å². The minimum absolute atomic E-state index is 0.00641. The molecule has 2 aromatic rings. The van der Waals surface area contributed by atoms with Crippen molar-refractivity contribution in [1.29, 1.82) is 0 Å². The number of anilines is 1. The van der Waals surface area contributed by atoms with E-state index in [2.05, 4.69) is 16.3 Å². The second-order valence-corrected chi connectivity index (χ2v) is 8.43. The van der Waals surface area contributed by atoms with Crippen molar-refractivity contribution in [3.8, 4) is 5.75 Å². The zero-order valence-corrected chi connectivity index (χ0v) is 17.9. The van der Waals surface area contributed by atoms with Gasteiger partial charge in [0.1, 0.15) is 12.4 Å². The topological polar surface area (TPSA) is 77.1 Å². The summed E-state index contributed by atoms with van der Waals surface area (Å²) in [7, 11) is 1.98. The van der Waals surface area contributed by atoms with Crippen LogP contribution in [0.15, 0.2) is 36.4 Å². The summed E-state index contributed by atoms with van der Waals surface area (Å²) in [5.41, 5.74) is 3.46. The Morgan fingerprint density at radius 2 is 1.81 bits per heavy atom. The maximum absolute atomic E-state index is 12.3. The standard InChI is InChI=1S/C23H23ClN2O5/c1-26(18-12-29-19-5-3-2-4-15(18)19)22-14-10-11-25-13-23(16(14)6-7-17(22)24)30-20(27)8-9-21(28)31-23/h2-7,18,25H,8-13H2,1H3. The number of nitrogens with zero attached hydrogens (tertiary/aromatic N) is 1. The van der Waals surface area contributed by atoms with Gasteiger partial charge in [-0.1, -0.05) is 29.8 Å². The lowest BCUT2D eigenvalue weighted by Crippen LogP contribution is -2.43. The van der Waals surface area contributed by atoms with Crippen LogP contribution in [0.25, 0.3) is 0 Å². The molecule has 0 aromatic heterocycles. The van der Waals surface area contributed by atoms with E-state index in [0.717, 1.165) is 22.6 Å². The summed E-state index contributed by atoms with van der Waals surface area (Å²) in [4.78, 5) is 26.7. The Hall–Kier alpha value is -2.77. The summed E-state index contributed by atoms with van der Waals surface area (Å²) in [5.74, 6) is -1.55. The van der Waals surface area contributed by atoms with Crippen LogP contribution in [-0.2, 0) is 31.3 Å². The lowest BCUT2D eigenvalue weighted by atomic mass is 9.94. The first-order valence-electron chi connectivity index (χ1n) is 10.4. The molecule has 1 spiro atoms. The number of hydrogen-bond acceptors (Lipinski definition) is 7. The van der Waals surface area contributed by atoms with Gasteiger partial charge in [-0.25, -0.2) is 0 Å². The van der Waals surface area contributed by atoms with Gasteiger partial charge in [-0.15, -0.1) is 0 Å². The van der Waals surface area contributed by atoms with E-state index in [-0.39, 0.29) is 25.4 Å². The Labute approximate surface area is 185 Å². The van der Waals surface area contributed by atoms with E-state index in [1.165, 1.54) is 0 Å². The molecule has 1 saturated heterocycles. The zero-order chi connectivity index (χ0) is 21.6. The molecule has 1 unspecified atom stereocenters. The van der Waals surface area contributed by atoms with E-state index in [1.54, 1.807) is 12.1 Å². The van der Waals surface area contributed by atoms with E-state index in [1.807, 2.05) is 25.2 Å². The van der Waals surface area contributed by atoms with Crippen molar-refractivity contribution in [3.63, 3.8) is 0 Å². The smallest absolute Gasteiger partial charge is 0.309 e. The highest BCUT2D eigenvalue weighted by Crippen LogP contribution is 2.45. The third kappa shape index (κ3) is 3.42. The number of ether oxygens (including phenoxy) is 3. The predicted molar refractivity (Wildman–Crippen MR) is 114 cm³/mol. The molecule has 7 nitrogen and oxygen atoms in total. The van der Waals surface area contributed by atoms with Gasteiger partial charge in [0.15, 0.2) is 0 Å². The summed E-state index contributed by atoms with van der Waals surface area (Å²) in [5, 5.41) is 3.83. The molecule has 8 heteroatoms. The van der Waals surface area contributed by atoms with Gasteiger partial charge in [-0.05, 0) is 36.7 Å². The molecular weight excluding hydrogens is 420 g/mol. The summed E-state index contributed by atoms with van der Waals surface area (Å²) in [6.07, 6.45) is 0.653. The highest BCUT2D eigenvalue weighted by molar-refractivity contribution is 6.33. The van der Waals surface area contributed by atoms with Crippen LogP contribution in [0.1, 0.15) is 35.6 Å². The Kier molecular flexibility index (Phi) is 5.02. The van der Waals surface area contributed by atoms with Gasteiger partial charge in [-0.2, -0.15) is 0 Å². The number of esters is 2. The minimum atomic E-state index is -1.50. The molecule has 162 valence electrons. The molecule has 1 N–H and O–H groups in total. The van der Waals surface area contributed by atoms with Gasteiger partial charge in [0.05, 0.1) is 36.1 Å². The molecule has 0 amide bonds. The number of benzene rings is 2. The Morgan fingerprint density at radius 3 is 2.58 bits per heavy atom. The third-order valence-electron chi connectivity index (χ3n) is 6.14. The molecule has 31 heavy (non-hydrogen) atoms. The van der Waals surface area contributed by atoms with Crippen molar-refractivity contribution in [2.24, 2.45) is 0 Å². The number of rotatable bonds is 2. The van der Waals surface area contributed by atoms with Gasteiger partial charge in [0, 0.05) is 18.2 Å². The van der Waals surface area contributed by atoms with Crippen molar-refractivity contribution in [2.75, 3.05) is 31.6 Å². The summed E-state index contributed by atoms with van der Waals surface area (Å²) < 4.78 is 17.4. The maximum atomic E-state index is 12.3. The van der Waals surface area contributed by atoms with Gasteiger partial charge >= 0.3 is 11.9 Å². The first-order chi connectivity index (χ1) is 15.0. The maximum Gasteiger partial charge on any atom is 0.309 e. The first-order valence-corrected chi connectivity index (χ1v) is 10.8. The molecule has 0 radical (unpaired) electrons. The number of nitrogens with one attached hydrogen (secondary N) is 1. The predicted octanol–water partition coefficient (Wildman–Crippen LogP) is 3.09. The number of carbonyl (C=O) groups is 2. The molecule has 0 aliphatic carbocycles. The Bertz CT molecular complexity index is 1040. The SMILES string of the molecule is CN(c1c(Cl)ccc2c1CCNCC21OC(=O)CCC(=O)O1)C1COc2ccccc21. The number of carbonyl (C=O) groups excluding carboxylic acids is 2. The van der Waals surface area contributed by atoms with Gasteiger partial charge in [0.25, 0.3) is 5.79 Å². The fraction of sp³-hybridized carbons (Fsp3) is 0.391. The number of fused-ring (bicyclic) bond motifs is 3. The van der Waals surface area contributed by atoms with Crippen LogP contribution in [0.5, 0.6) is 5.75 Å². The first kappa shape index (κ1) is 20.2. The van der Waals surface area contributed by atoms with Crippen LogP contribution in [0.3, 0.4) is 0 Å². The Morgan fingerprint density at radius 1 is 1.06 bits per heavy atom. The van der Waals surface area contributed by atoms with Crippen molar-refractivity contribution in [3.05, 3.63) is 58.1 Å². The lowest BCUT2D eigenvalue weighted by Gasteiger charge is -2.34. The third-order valence-corrected chi connectivity index (χ3v) is 6.44. The van der Waals surface area contributed by atoms with E-state index in [9.17, 15) is 9.59 Å². The zero-order valence-electron chi connectivity index (χ0n) is 17.2. The van der Waals surface area contributed by atoms with Gasteiger partial charge in [-0.3, -0.25) is 9.59 Å². The van der Waals surface area contributed by atoms with Crippen molar-refractivity contribution >= 4 is 29.2 Å². The highest BCUT2D eigenvalue weighted by atomic mass is 35.5. The molecule has 2 aromatic carbocycles. The van der Waals surface area contributed by atoms with E-state index >= 15 is 0 Å². The lowest BCUT2D eigenvalue weighted by molar-refractivity contribution is -0.225. The van der Waals surface area contributed by atoms with Crippen LogP contribution >= 0.6 is 11.6 Å². The fourth-order valence-electron chi connectivity index (χ4n) is 4.66. The highest BCUT2D eigenvalue weighted by Gasteiger charge is 2.46. The minimum Gasteiger partial charge on any atom is -0.491 e. The number of halogens is 1. The van der Waals surface area contributed by atoms with Crippen LogP contribution in [0.2, 0.25) is 5.02 Å². The number of para-hydroxylation sites is 1. The molecule has 1 fully saturated rings. The quantitative estimate of drug-likeness (QED) is 0.716. The second-order valence-electron chi connectivity index (χ2n) is 8.03. The van der Waals surface area contributed by atoms with Crippen molar-refractivity contribution < 1.29 is 23.8 Å². The van der Waals surface area contributed by atoms with E-state index in [0.29, 0.717) is 30.2 Å². The monoisotopic (exact) mass is 442 g/mol. The molecule has 5 rings (SSSR count). The van der Waals surface area contributed by atoms with Crippen LogP contribution in [0, 0.1) is 0 Å².